The number of nitrogens with one attached hydrogen (secondary N) is 1. The highest BCUT2D eigenvalue weighted by atomic mass is 32.1. The van der Waals surface area contributed by atoms with Gasteiger partial charge in [0.25, 0.3) is 11.8 Å². The summed E-state index contributed by atoms with van der Waals surface area (Å²) in [5.74, 6) is 0.478. The fourth-order valence-corrected chi connectivity index (χ4v) is 4.62. The van der Waals surface area contributed by atoms with Crippen LogP contribution in [0.15, 0.2) is 11.4 Å². The SMILES string of the molecule is NC(=O)c1ccsc1NC(=O)COC(=O)C[C@H]1C[C@H]2CC[C@@H]1C2. The van der Waals surface area contributed by atoms with E-state index >= 15 is 0 Å². The number of hydrogen-bond acceptors (Lipinski definition) is 5. The van der Waals surface area contributed by atoms with Crippen molar-refractivity contribution in [2.75, 3.05) is 11.9 Å². The fraction of sp³-hybridized carbons (Fsp3) is 0.562. The zero-order chi connectivity index (χ0) is 16.4. The number of carbonyl (C=O) groups is 3. The second kappa shape index (κ2) is 6.70. The van der Waals surface area contributed by atoms with E-state index in [-0.39, 0.29) is 18.1 Å². The largest absolute Gasteiger partial charge is 0.456 e. The molecular formula is C16H20N2O4S. The first kappa shape index (κ1) is 16.0. The van der Waals surface area contributed by atoms with E-state index < -0.39 is 11.8 Å². The third kappa shape index (κ3) is 3.72. The lowest BCUT2D eigenvalue weighted by Gasteiger charge is -2.20. The van der Waals surface area contributed by atoms with Gasteiger partial charge in [0.1, 0.15) is 5.00 Å². The van der Waals surface area contributed by atoms with Crippen LogP contribution in [0.1, 0.15) is 42.5 Å². The van der Waals surface area contributed by atoms with E-state index in [9.17, 15) is 14.4 Å². The molecule has 2 aliphatic rings. The molecule has 6 nitrogen and oxygen atoms in total. The quantitative estimate of drug-likeness (QED) is 0.778. The highest BCUT2D eigenvalue weighted by Crippen LogP contribution is 2.49. The molecule has 2 amide bonds. The number of carbonyl (C=O) groups excluding carboxylic acids is 3. The average molecular weight is 336 g/mol. The third-order valence-electron chi connectivity index (χ3n) is 4.86. The lowest BCUT2D eigenvalue weighted by atomic mass is 9.86. The highest BCUT2D eigenvalue weighted by molar-refractivity contribution is 7.14. The number of esters is 1. The van der Waals surface area contributed by atoms with Gasteiger partial charge in [0, 0.05) is 6.42 Å². The molecule has 1 heterocycles. The van der Waals surface area contributed by atoms with E-state index in [0.717, 1.165) is 12.3 Å². The van der Waals surface area contributed by atoms with E-state index in [4.69, 9.17) is 10.5 Å². The van der Waals surface area contributed by atoms with Gasteiger partial charge in [0.2, 0.25) is 0 Å². The molecule has 0 unspecified atom stereocenters. The Labute approximate surface area is 138 Å². The molecule has 23 heavy (non-hydrogen) atoms. The molecule has 2 saturated carbocycles. The minimum atomic E-state index is -0.602. The van der Waals surface area contributed by atoms with Crippen molar-refractivity contribution in [2.24, 2.45) is 23.5 Å². The van der Waals surface area contributed by atoms with Crippen molar-refractivity contribution in [3.05, 3.63) is 17.0 Å². The average Bonchev–Trinajstić information content (AvgIpc) is 3.21. The van der Waals surface area contributed by atoms with Crippen LogP contribution in [-0.4, -0.2) is 24.4 Å². The van der Waals surface area contributed by atoms with Crippen LogP contribution in [0, 0.1) is 17.8 Å². The van der Waals surface area contributed by atoms with E-state index in [1.807, 2.05) is 0 Å². The van der Waals surface area contributed by atoms with Crippen LogP contribution in [0.4, 0.5) is 5.00 Å². The maximum absolute atomic E-state index is 11.9. The number of amides is 2. The molecule has 3 N–H and O–H groups in total. The van der Waals surface area contributed by atoms with E-state index in [0.29, 0.717) is 23.3 Å². The van der Waals surface area contributed by atoms with Gasteiger partial charge in [-0.25, -0.2) is 0 Å². The zero-order valence-corrected chi connectivity index (χ0v) is 13.6. The molecule has 1 aromatic heterocycles. The number of ether oxygens (including phenoxy) is 1. The summed E-state index contributed by atoms with van der Waals surface area (Å²) in [6.07, 6.45) is 5.27. The third-order valence-corrected chi connectivity index (χ3v) is 5.69. The number of primary amides is 1. The molecule has 2 aliphatic carbocycles. The molecule has 1 aromatic rings. The van der Waals surface area contributed by atoms with Crippen LogP contribution in [0.3, 0.4) is 0 Å². The van der Waals surface area contributed by atoms with Gasteiger partial charge in [0.05, 0.1) is 5.56 Å². The number of fused-ring (bicyclic) bond motifs is 2. The Bertz CT molecular complexity index is 627. The van der Waals surface area contributed by atoms with Crippen molar-refractivity contribution in [1.82, 2.24) is 0 Å². The summed E-state index contributed by atoms with van der Waals surface area (Å²) >= 11 is 1.20. The normalized spacial score (nSPS) is 25.3. The van der Waals surface area contributed by atoms with Crippen LogP contribution in [0.25, 0.3) is 0 Å². The summed E-state index contributed by atoms with van der Waals surface area (Å²) in [5, 5.41) is 4.59. The molecule has 0 spiro atoms. The van der Waals surface area contributed by atoms with Gasteiger partial charge in [0.15, 0.2) is 6.61 Å². The Morgan fingerprint density at radius 1 is 1.30 bits per heavy atom. The summed E-state index contributed by atoms with van der Waals surface area (Å²) in [6.45, 7) is -0.338. The van der Waals surface area contributed by atoms with E-state index in [1.165, 1.54) is 30.6 Å². The van der Waals surface area contributed by atoms with Gasteiger partial charge < -0.3 is 15.8 Å². The lowest BCUT2D eigenvalue weighted by Crippen LogP contribution is -2.24. The van der Waals surface area contributed by atoms with Crippen LogP contribution in [0.2, 0.25) is 0 Å². The highest BCUT2D eigenvalue weighted by Gasteiger charge is 2.40. The number of anilines is 1. The molecule has 2 bridgehead atoms. The lowest BCUT2D eigenvalue weighted by molar-refractivity contribution is -0.148. The van der Waals surface area contributed by atoms with Gasteiger partial charge in [-0.05, 0) is 48.5 Å². The zero-order valence-electron chi connectivity index (χ0n) is 12.7. The van der Waals surface area contributed by atoms with Crippen LogP contribution in [-0.2, 0) is 14.3 Å². The molecule has 0 aromatic carbocycles. The summed E-state index contributed by atoms with van der Waals surface area (Å²) in [7, 11) is 0. The second-order valence-corrected chi connectivity index (χ2v) is 7.29. The number of thiophene rings is 1. The van der Waals surface area contributed by atoms with Gasteiger partial charge >= 0.3 is 5.97 Å². The van der Waals surface area contributed by atoms with Crippen molar-refractivity contribution in [1.29, 1.82) is 0 Å². The Hall–Kier alpha value is -1.89. The summed E-state index contributed by atoms with van der Waals surface area (Å²) in [6, 6.07) is 1.55. The molecule has 7 heteroatoms. The number of rotatable bonds is 6. The number of hydrogen-bond donors (Lipinski definition) is 2. The molecule has 124 valence electrons. The van der Waals surface area contributed by atoms with Crippen molar-refractivity contribution in [3.8, 4) is 0 Å². The van der Waals surface area contributed by atoms with E-state index in [2.05, 4.69) is 5.32 Å². The summed E-state index contributed by atoms with van der Waals surface area (Å²) in [5.41, 5.74) is 5.47. The predicted octanol–water partition coefficient (Wildman–Crippen LogP) is 2.15. The van der Waals surface area contributed by atoms with Crippen LogP contribution in [0.5, 0.6) is 0 Å². The monoisotopic (exact) mass is 336 g/mol. The van der Waals surface area contributed by atoms with Crippen molar-refractivity contribution in [2.45, 2.75) is 32.1 Å². The minimum absolute atomic E-state index is 0.261. The van der Waals surface area contributed by atoms with Crippen LogP contribution < -0.4 is 11.1 Å². The fourth-order valence-electron chi connectivity index (χ4n) is 3.81. The Morgan fingerprint density at radius 3 is 2.78 bits per heavy atom. The molecule has 0 radical (unpaired) electrons. The molecular weight excluding hydrogens is 316 g/mol. The minimum Gasteiger partial charge on any atom is -0.456 e. The molecule has 0 saturated heterocycles. The van der Waals surface area contributed by atoms with Crippen molar-refractivity contribution < 1.29 is 19.1 Å². The van der Waals surface area contributed by atoms with Crippen molar-refractivity contribution in [3.63, 3.8) is 0 Å². The molecule has 3 atom stereocenters. The van der Waals surface area contributed by atoms with E-state index in [1.54, 1.807) is 11.4 Å². The smallest absolute Gasteiger partial charge is 0.306 e. The van der Waals surface area contributed by atoms with Crippen LogP contribution >= 0.6 is 11.3 Å². The van der Waals surface area contributed by atoms with Crippen molar-refractivity contribution >= 4 is 34.1 Å². The molecule has 0 aliphatic heterocycles. The first-order chi connectivity index (χ1) is 11.0. The Kier molecular flexibility index (Phi) is 4.66. The standard InChI is InChI=1S/C16H20N2O4S/c17-15(21)12-3-4-23-16(12)18-13(19)8-22-14(20)7-11-6-9-1-2-10(11)5-9/h3-4,9-11H,1-2,5-8H2,(H2,17,21)(H,18,19)/t9-,10+,11+/m0/s1. The van der Waals surface area contributed by atoms with Gasteiger partial charge in [-0.15, -0.1) is 11.3 Å². The summed E-state index contributed by atoms with van der Waals surface area (Å²) < 4.78 is 5.06. The Morgan fingerprint density at radius 2 is 2.13 bits per heavy atom. The van der Waals surface area contributed by atoms with Gasteiger partial charge in [-0.1, -0.05) is 6.42 Å². The summed E-state index contributed by atoms with van der Waals surface area (Å²) in [4.78, 5) is 34.9. The second-order valence-electron chi connectivity index (χ2n) is 6.38. The first-order valence-electron chi connectivity index (χ1n) is 7.85. The maximum Gasteiger partial charge on any atom is 0.306 e. The predicted molar refractivity (Wildman–Crippen MR) is 86.0 cm³/mol. The first-order valence-corrected chi connectivity index (χ1v) is 8.73. The Balaban J connectivity index is 1.42. The topological polar surface area (TPSA) is 98.5 Å². The molecule has 2 fully saturated rings. The van der Waals surface area contributed by atoms with Gasteiger partial charge in [-0.3, -0.25) is 14.4 Å². The van der Waals surface area contributed by atoms with Gasteiger partial charge in [-0.2, -0.15) is 0 Å². The maximum atomic E-state index is 11.9. The molecule has 3 rings (SSSR count). The number of nitrogens with two attached hydrogens (primary N) is 1.